The molecule has 0 bridgehead atoms. The van der Waals surface area contributed by atoms with Gasteiger partial charge in [0.15, 0.2) is 0 Å². The summed E-state index contributed by atoms with van der Waals surface area (Å²) in [6, 6.07) is 9.38. The minimum absolute atomic E-state index is 0.166. The minimum Gasteiger partial charge on any atom is -0.336 e. The lowest BCUT2D eigenvalue weighted by molar-refractivity contribution is 0.210. The zero-order chi connectivity index (χ0) is 19.1. The van der Waals surface area contributed by atoms with Crippen LogP contribution in [0.4, 0.5) is 10.5 Å². The van der Waals surface area contributed by atoms with Crippen LogP contribution >= 0.6 is 11.3 Å². The van der Waals surface area contributed by atoms with Gasteiger partial charge in [-0.25, -0.2) is 9.48 Å². The van der Waals surface area contributed by atoms with Gasteiger partial charge in [-0.2, -0.15) is 11.3 Å². The maximum Gasteiger partial charge on any atom is 0.319 e. The van der Waals surface area contributed by atoms with Crippen LogP contribution in [0.1, 0.15) is 25.5 Å². The zero-order valence-electron chi connectivity index (χ0n) is 15.4. The standard InChI is InChI=1S/C18H23N7OS/c1-3-24(4-2)17(14-9-10-27-12-14)11-19-18(26)21-15-5-7-16(8-6-15)25-13-20-22-23-25/h5-10,12-13,17H,3-4,11H2,1-2H3,(H2,19,21,26). The van der Waals surface area contributed by atoms with Crippen LogP contribution in [-0.2, 0) is 0 Å². The lowest BCUT2D eigenvalue weighted by Gasteiger charge is -2.29. The molecule has 0 aliphatic rings. The summed E-state index contributed by atoms with van der Waals surface area (Å²) in [4.78, 5) is 14.7. The van der Waals surface area contributed by atoms with Gasteiger partial charge in [0.25, 0.3) is 0 Å². The van der Waals surface area contributed by atoms with E-state index < -0.39 is 0 Å². The lowest BCUT2D eigenvalue weighted by Crippen LogP contribution is -2.39. The van der Waals surface area contributed by atoms with Gasteiger partial charge in [-0.3, -0.25) is 4.90 Å². The number of rotatable bonds is 8. The Hall–Kier alpha value is -2.78. The Morgan fingerprint density at radius 1 is 1.22 bits per heavy atom. The molecule has 0 saturated heterocycles. The molecule has 8 nitrogen and oxygen atoms in total. The summed E-state index contributed by atoms with van der Waals surface area (Å²) in [5, 5.41) is 21.1. The van der Waals surface area contributed by atoms with Gasteiger partial charge in [-0.1, -0.05) is 13.8 Å². The van der Waals surface area contributed by atoms with Gasteiger partial charge < -0.3 is 10.6 Å². The van der Waals surface area contributed by atoms with E-state index in [0.717, 1.165) is 18.8 Å². The predicted molar refractivity (Wildman–Crippen MR) is 106 cm³/mol. The van der Waals surface area contributed by atoms with Gasteiger partial charge in [-0.15, -0.1) is 5.10 Å². The molecule has 0 aliphatic heterocycles. The first-order valence-corrected chi connectivity index (χ1v) is 9.80. The SMILES string of the molecule is CCN(CC)C(CNC(=O)Nc1ccc(-n2cnnn2)cc1)c1ccsc1. The molecule has 3 rings (SSSR count). The van der Waals surface area contributed by atoms with Crippen molar-refractivity contribution in [1.82, 2.24) is 30.4 Å². The molecule has 2 heterocycles. The van der Waals surface area contributed by atoms with Crippen LogP contribution in [0.3, 0.4) is 0 Å². The second kappa shape index (κ2) is 9.24. The van der Waals surface area contributed by atoms with Crippen molar-refractivity contribution in [3.05, 3.63) is 53.0 Å². The lowest BCUT2D eigenvalue weighted by atomic mass is 10.1. The monoisotopic (exact) mass is 385 g/mol. The molecule has 0 aliphatic carbocycles. The van der Waals surface area contributed by atoms with E-state index >= 15 is 0 Å². The summed E-state index contributed by atoms with van der Waals surface area (Å²) in [7, 11) is 0. The van der Waals surface area contributed by atoms with Crippen LogP contribution in [-0.4, -0.2) is 50.8 Å². The number of anilines is 1. The Balaban J connectivity index is 1.58. The maximum absolute atomic E-state index is 12.3. The Labute approximate surface area is 162 Å². The van der Waals surface area contributed by atoms with E-state index in [9.17, 15) is 4.79 Å². The average Bonchev–Trinajstić information content (AvgIpc) is 3.39. The van der Waals surface area contributed by atoms with E-state index in [1.54, 1.807) is 16.0 Å². The molecule has 2 aromatic heterocycles. The summed E-state index contributed by atoms with van der Waals surface area (Å²) in [6.07, 6.45) is 1.52. The number of carbonyl (C=O) groups is 1. The van der Waals surface area contributed by atoms with Crippen LogP contribution in [0, 0.1) is 0 Å². The summed E-state index contributed by atoms with van der Waals surface area (Å²) in [5.74, 6) is 0. The number of urea groups is 1. The number of hydrogen-bond donors (Lipinski definition) is 2. The van der Waals surface area contributed by atoms with Crippen LogP contribution in [0.25, 0.3) is 5.69 Å². The molecule has 142 valence electrons. The molecule has 0 fully saturated rings. The summed E-state index contributed by atoms with van der Waals surface area (Å²) in [6.45, 7) is 6.68. The maximum atomic E-state index is 12.3. The van der Waals surface area contributed by atoms with Gasteiger partial charge in [0, 0.05) is 12.2 Å². The van der Waals surface area contributed by atoms with Gasteiger partial charge in [0.2, 0.25) is 0 Å². The molecule has 0 saturated carbocycles. The van der Waals surface area contributed by atoms with Crippen LogP contribution < -0.4 is 10.6 Å². The molecule has 1 unspecified atom stereocenters. The van der Waals surface area contributed by atoms with Crippen LogP contribution in [0.2, 0.25) is 0 Å². The van der Waals surface area contributed by atoms with Crippen molar-refractivity contribution in [2.24, 2.45) is 0 Å². The number of nitrogens with one attached hydrogen (secondary N) is 2. The molecule has 9 heteroatoms. The van der Waals surface area contributed by atoms with E-state index in [2.05, 4.69) is 61.7 Å². The molecule has 1 aromatic carbocycles. The molecular formula is C18H23N7OS. The molecule has 2 N–H and O–H groups in total. The number of benzene rings is 1. The number of carbonyl (C=O) groups excluding carboxylic acids is 1. The Morgan fingerprint density at radius 2 is 2.00 bits per heavy atom. The Bertz CT molecular complexity index is 814. The highest BCUT2D eigenvalue weighted by atomic mass is 32.1. The van der Waals surface area contributed by atoms with E-state index in [1.807, 2.05) is 24.3 Å². The van der Waals surface area contributed by atoms with Crippen molar-refractivity contribution in [3.8, 4) is 5.69 Å². The van der Waals surface area contributed by atoms with E-state index in [1.165, 1.54) is 11.9 Å². The largest absolute Gasteiger partial charge is 0.336 e. The smallest absolute Gasteiger partial charge is 0.319 e. The van der Waals surface area contributed by atoms with Crippen molar-refractivity contribution in [1.29, 1.82) is 0 Å². The number of aromatic nitrogens is 4. The molecule has 1 atom stereocenters. The highest BCUT2D eigenvalue weighted by Gasteiger charge is 2.19. The number of nitrogens with zero attached hydrogens (tertiary/aromatic N) is 5. The first-order valence-electron chi connectivity index (χ1n) is 8.85. The first-order chi connectivity index (χ1) is 13.2. The summed E-state index contributed by atoms with van der Waals surface area (Å²) < 4.78 is 1.55. The minimum atomic E-state index is -0.224. The fourth-order valence-electron chi connectivity index (χ4n) is 2.93. The van der Waals surface area contributed by atoms with E-state index in [-0.39, 0.29) is 12.1 Å². The number of thiophene rings is 1. The summed E-state index contributed by atoms with van der Waals surface area (Å²) in [5.41, 5.74) is 2.76. The third kappa shape index (κ3) is 4.89. The summed E-state index contributed by atoms with van der Waals surface area (Å²) >= 11 is 1.67. The van der Waals surface area contributed by atoms with E-state index in [4.69, 9.17) is 0 Å². The number of amides is 2. The van der Waals surface area contributed by atoms with Crippen LogP contribution in [0.5, 0.6) is 0 Å². The van der Waals surface area contributed by atoms with Crippen LogP contribution in [0.15, 0.2) is 47.4 Å². The molecule has 0 spiro atoms. The predicted octanol–water partition coefficient (Wildman–Crippen LogP) is 2.93. The third-order valence-electron chi connectivity index (χ3n) is 4.38. The average molecular weight is 385 g/mol. The van der Waals surface area contributed by atoms with Gasteiger partial charge in [0.1, 0.15) is 6.33 Å². The second-order valence-electron chi connectivity index (χ2n) is 5.93. The molecule has 3 aromatic rings. The van der Waals surface area contributed by atoms with Crippen molar-refractivity contribution < 1.29 is 4.79 Å². The normalized spacial score (nSPS) is 12.1. The molecular weight excluding hydrogens is 362 g/mol. The van der Waals surface area contributed by atoms with E-state index in [0.29, 0.717) is 12.2 Å². The fraction of sp³-hybridized carbons (Fsp3) is 0.333. The van der Waals surface area contributed by atoms with Gasteiger partial charge in [0.05, 0.1) is 11.7 Å². The number of likely N-dealkylation sites (N-methyl/N-ethyl adjacent to an activating group) is 1. The van der Waals surface area contributed by atoms with Crippen molar-refractivity contribution >= 4 is 23.1 Å². The molecule has 27 heavy (non-hydrogen) atoms. The van der Waals surface area contributed by atoms with Crippen molar-refractivity contribution in [3.63, 3.8) is 0 Å². The quantitative estimate of drug-likeness (QED) is 0.622. The Morgan fingerprint density at radius 3 is 2.59 bits per heavy atom. The topological polar surface area (TPSA) is 88.0 Å². The molecule has 2 amide bonds. The van der Waals surface area contributed by atoms with Crippen molar-refractivity contribution in [2.75, 3.05) is 25.0 Å². The fourth-order valence-corrected chi connectivity index (χ4v) is 3.64. The molecule has 0 radical (unpaired) electrons. The first kappa shape index (κ1) is 19.0. The highest BCUT2D eigenvalue weighted by Crippen LogP contribution is 2.22. The second-order valence-corrected chi connectivity index (χ2v) is 6.71. The Kier molecular flexibility index (Phi) is 6.50. The van der Waals surface area contributed by atoms with Gasteiger partial charge in [-0.05, 0) is 70.2 Å². The highest BCUT2D eigenvalue weighted by molar-refractivity contribution is 7.07. The third-order valence-corrected chi connectivity index (χ3v) is 5.08. The number of tetrazole rings is 1. The van der Waals surface area contributed by atoms with Crippen molar-refractivity contribution in [2.45, 2.75) is 19.9 Å². The van der Waals surface area contributed by atoms with Gasteiger partial charge >= 0.3 is 6.03 Å². The zero-order valence-corrected chi connectivity index (χ0v) is 16.2. The number of hydrogen-bond acceptors (Lipinski definition) is 6.